The number of hydrogen-bond donors (Lipinski definition) is 1. The molecule has 0 atom stereocenters. The van der Waals surface area contributed by atoms with Gasteiger partial charge < -0.3 is 19.7 Å². The van der Waals surface area contributed by atoms with Crippen LogP contribution in [0.2, 0.25) is 5.02 Å². The van der Waals surface area contributed by atoms with E-state index < -0.39 is 0 Å². The number of likely N-dealkylation sites (N-methyl/N-ethyl adjacent to an activating group) is 1. The number of carbonyl (C=O) groups excluding carboxylic acids is 2. The summed E-state index contributed by atoms with van der Waals surface area (Å²) in [5.74, 6) is 0.517. The Labute approximate surface area is 164 Å². The highest BCUT2D eigenvalue weighted by atomic mass is 35.5. The van der Waals surface area contributed by atoms with E-state index in [4.69, 9.17) is 21.1 Å². The number of ether oxygens (including phenoxy) is 2. The SMILES string of the molecule is CCOc1ccc(NC(=O)CN(C)C(=O)c2ccccc2Cl)cc1OCC. The van der Waals surface area contributed by atoms with Crippen molar-refractivity contribution in [2.24, 2.45) is 0 Å². The average Bonchev–Trinajstić information content (AvgIpc) is 2.64. The Balaban J connectivity index is 2.03. The third-order valence-corrected chi connectivity index (χ3v) is 3.99. The average molecular weight is 391 g/mol. The fourth-order valence-corrected chi connectivity index (χ4v) is 2.67. The molecule has 0 spiro atoms. The topological polar surface area (TPSA) is 67.9 Å². The molecule has 0 aliphatic heterocycles. The number of anilines is 1. The van der Waals surface area contributed by atoms with Gasteiger partial charge in [0.2, 0.25) is 5.91 Å². The van der Waals surface area contributed by atoms with Crippen molar-refractivity contribution in [2.45, 2.75) is 13.8 Å². The Morgan fingerprint density at radius 2 is 1.70 bits per heavy atom. The maximum Gasteiger partial charge on any atom is 0.255 e. The Morgan fingerprint density at radius 1 is 1.04 bits per heavy atom. The molecule has 0 bridgehead atoms. The molecular weight excluding hydrogens is 368 g/mol. The van der Waals surface area contributed by atoms with Crippen LogP contribution in [0.1, 0.15) is 24.2 Å². The highest BCUT2D eigenvalue weighted by Crippen LogP contribution is 2.30. The van der Waals surface area contributed by atoms with Gasteiger partial charge in [-0.05, 0) is 38.1 Å². The zero-order valence-corrected chi connectivity index (χ0v) is 16.4. The second-order valence-corrected chi connectivity index (χ2v) is 6.12. The van der Waals surface area contributed by atoms with Crippen molar-refractivity contribution in [1.29, 1.82) is 0 Å². The first kappa shape index (κ1) is 20.6. The van der Waals surface area contributed by atoms with Gasteiger partial charge in [-0.2, -0.15) is 0 Å². The standard InChI is InChI=1S/C20H23ClN2O4/c1-4-26-17-11-10-14(12-18(17)27-5-2)22-19(24)13-23(3)20(25)15-8-6-7-9-16(15)21/h6-12H,4-5,13H2,1-3H3,(H,22,24). The summed E-state index contributed by atoms with van der Waals surface area (Å²) >= 11 is 6.04. The fourth-order valence-electron chi connectivity index (χ4n) is 2.46. The summed E-state index contributed by atoms with van der Waals surface area (Å²) < 4.78 is 11.0. The minimum Gasteiger partial charge on any atom is -0.490 e. The first-order valence-electron chi connectivity index (χ1n) is 8.65. The molecule has 1 N–H and O–H groups in total. The number of nitrogens with one attached hydrogen (secondary N) is 1. The van der Waals surface area contributed by atoms with Gasteiger partial charge in [-0.25, -0.2) is 0 Å². The zero-order chi connectivity index (χ0) is 19.8. The van der Waals surface area contributed by atoms with Crippen LogP contribution in [0.3, 0.4) is 0 Å². The maximum atomic E-state index is 12.4. The molecule has 0 saturated carbocycles. The molecule has 0 fully saturated rings. The molecule has 2 aromatic rings. The van der Waals surface area contributed by atoms with Crippen LogP contribution in [0.5, 0.6) is 11.5 Å². The summed E-state index contributed by atoms with van der Waals surface area (Å²) in [6, 6.07) is 11.9. The van der Waals surface area contributed by atoms with Gasteiger partial charge >= 0.3 is 0 Å². The smallest absolute Gasteiger partial charge is 0.255 e. The second kappa shape index (κ2) is 9.83. The van der Waals surface area contributed by atoms with Crippen molar-refractivity contribution >= 4 is 29.1 Å². The summed E-state index contributed by atoms with van der Waals surface area (Å²) in [6.45, 7) is 4.64. The molecular formula is C20H23ClN2O4. The molecule has 0 aliphatic carbocycles. The number of amides is 2. The number of rotatable bonds is 8. The van der Waals surface area contributed by atoms with Crippen LogP contribution in [-0.2, 0) is 4.79 Å². The van der Waals surface area contributed by atoms with E-state index in [2.05, 4.69) is 5.32 Å². The van der Waals surface area contributed by atoms with Crippen LogP contribution in [0, 0.1) is 0 Å². The molecule has 0 radical (unpaired) electrons. The molecule has 7 heteroatoms. The Morgan fingerprint density at radius 3 is 2.37 bits per heavy atom. The van der Waals surface area contributed by atoms with E-state index in [-0.39, 0.29) is 18.4 Å². The molecule has 0 unspecified atom stereocenters. The number of nitrogens with zero attached hydrogens (tertiary/aromatic N) is 1. The highest BCUT2D eigenvalue weighted by Gasteiger charge is 2.17. The molecule has 0 heterocycles. The number of carbonyl (C=O) groups is 2. The van der Waals surface area contributed by atoms with Crippen LogP contribution in [-0.4, -0.2) is 43.5 Å². The highest BCUT2D eigenvalue weighted by molar-refractivity contribution is 6.33. The van der Waals surface area contributed by atoms with Crippen LogP contribution < -0.4 is 14.8 Å². The summed E-state index contributed by atoms with van der Waals surface area (Å²) in [5, 5.41) is 3.11. The van der Waals surface area contributed by atoms with Crippen LogP contribution >= 0.6 is 11.6 Å². The molecule has 2 rings (SSSR count). The lowest BCUT2D eigenvalue weighted by Crippen LogP contribution is -2.35. The third kappa shape index (κ3) is 5.62. The van der Waals surface area contributed by atoms with Crippen molar-refractivity contribution in [3.63, 3.8) is 0 Å². The van der Waals surface area contributed by atoms with E-state index in [0.29, 0.717) is 41.0 Å². The first-order chi connectivity index (χ1) is 13.0. The van der Waals surface area contributed by atoms with Gasteiger partial charge in [-0.3, -0.25) is 9.59 Å². The van der Waals surface area contributed by atoms with Gasteiger partial charge in [0.15, 0.2) is 11.5 Å². The Kier molecular flexibility index (Phi) is 7.49. The van der Waals surface area contributed by atoms with Crippen molar-refractivity contribution in [3.8, 4) is 11.5 Å². The van der Waals surface area contributed by atoms with Gasteiger partial charge in [0.25, 0.3) is 5.91 Å². The van der Waals surface area contributed by atoms with Gasteiger partial charge in [0, 0.05) is 18.8 Å². The lowest BCUT2D eigenvalue weighted by atomic mass is 10.2. The summed E-state index contributed by atoms with van der Waals surface area (Å²) in [7, 11) is 1.55. The van der Waals surface area contributed by atoms with Crippen LogP contribution in [0.25, 0.3) is 0 Å². The monoisotopic (exact) mass is 390 g/mol. The first-order valence-corrected chi connectivity index (χ1v) is 9.03. The predicted octanol–water partition coefficient (Wildman–Crippen LogP) is 3.85. The largest absolute Gasteiger partial charge is 0.490 e. The second-order valence-electron chi connectivity index (χ2n) is 5.72. The lowest BCUT2D eigenvalue weighted by molar-refractivity contribution is -0.116. The number of benzene rings is 2. The summed E-state index contributed by atoms with van der Waals surface area (Å²) in [6.07, 6.45) is 0. The van der Waals surface area contributed by atoms with E-state index in [0.717, 1.165) is 0 Å². The van der Waals surface area contributed by atoms with Gasteiger partial charge in [0.05, 0.1) is 30.3 Å². The third-order valence-electron chi connectivity index (χ3n) is 3.66. The van der Waals surface area contributed by atoms with Crippen molar-refractivity contribution in [3.05, 3.63) is 53.1 Å². The van der Waals surface area contributed by atoms with Crippen LogP contribution in [0.4, 0.5) is 5.69 Å². The normalized spacial score (nSPS) is 10.2. The van der Waals surface area contributed by atoms with E-state index in [9.17, 15) is 9.59 Å². The van der Waals surface area contributed by atoms with E-state index in [1.807, 2.05) is 13.8 Å². The molecule has 2 amide bonds. The minimum absolute atomic E-state index is 0.110. The van der Waals surface area contributed by atoms with Gasteiger partial charge in [0.1, 0.15) is 0 Å². The molecule has 0 saturated heterocycles. The quantitative estimate of drug-likeness (QED) is 0.743. The summed E-state index contributed by atoms with van der Waals surface area (Å²) in [5.41, 5.74) is 0.916. The Hall–Kier alpha value is -2.73. The van der Waals surface area contributed by atoms with E-state index >= 15 is 0 Å². The number of hydrogen-bond acceptors (Lipinski definition) is 4. The minimum atomic E-state index is -0.329. The lowest BCUT2D eigenvalue weighted by Gasteiger charge is -2.18. The maximum absolute atomic E-state index is 12.4. The molecule has 6 nitrogen and oxygen atoms in total. The molecule has 144 valence electrons. The predicted molar refractivity (Wildman–Crippen MR) is 106 cm³/mol. The van der Waals surface area contributed by atoms with E-state index in [1.54, 1.807) is 49.5 Å². The zero-order valence-electron chi connectivity index (χ0n) is 15.6. The van der Waals surface area contributed by atoms with Gasteiger partial charge in [-0.15, -0.1) is 0 Å². The fraction of sp³-hybridized carbons (Fsp3) is 0.300. The van der Waals surface area contributed by atoms with Gasteiger partial charge in [-0.1, -0.05) is 23.7 Å². The van der Waals surface area contributed by atoms with E-state index in [1.165, 1.54) is 4.90 Å². The number of halogens is 1. The van der Waals surface area contributed by atoms with Crippen molar-refractivity contribution < 1.29 is 19.1 Å². The van der Waals surface area contributed by atoms with Crippen LogP contribution in [0.15, 0.2) is 42.5 Å². The molecule has 0 aromatic heterocycles. The van der Waals surface area contributed by atoms with Crippen molar-refractivity contribution in [1.82, 2.24) is 4.90 Å². The molecule has 2 aromatic carbocycles. The molecule has 0 aliphatic rings. The summed E-state index contributed by atoms with van der Waals surface area (Å²) in [4.78, 5) is 26.1. The molecule has 27 heavy (non-hydrogen) atoms. The van der Waals surface area contributed by atoms with Crippen molar-refractivity contribution in [2.75, 3.05) is 32.1 Å². The Bertz CT molecular complexity index is 810.